The third-order valence-electron chi connectivity index (χ3n) is 2.63. The topological polar surface area (TPSA) is 47.0 Å². The van der Waals surface area contributed by atoms with Crippen LogP contribution in [0.1, 0.15) is 18.5 Å². The highest BCUT2D eigenvalue weighted by Crippen LogP contribution is 2.22. The molecule has 0 amide bonds. The summed E-state index contributed by atoms with van der Waals surface area (Å²) in [7, 11) is 1.77. The Hall–Kier alpha value is -1.00. The van der Waals surface area contributed by atoms with Gasteiger partial charge < -0.3 is 10.1 Å². The smallest absolute Gasteiger partial charge is 0.0769 e. The summed E-state index contributed by atoms with van der Waals surface area (Å²) in [6, 6.07) is 4.47. The first-order chi connectivity index (χ1) is 6.88. The summed E-state index contributed by atoms with van der Waals surface area (Å²) in [4.78, 5) is 0. The molecule has 0 saturated heterocycles. The Labute approximate surface area is 83.7 Å². The zero-order valence-electron chi connectivity index (χ0n) is 8.31. The number of hydrogen-bond donors (Lipinski definition) is 1. The summed E-state index contributed by atoms with van der Waals surface area (Å²) in [5.74, 6) is 0. The molecule has 0 atom stereocenters. The number of ether oxygens (including phenoxy) is 1. The lowest BCUT2D eigenvalue weighted by atomic mass is 9.89. The maximum Gasteiger partial charge on any atom is 0.0769 e. The molecule has 14 heavy (non-hydrogen) atoms. The van der Waals surface area contributed by atoms with Crippen LogP contribution >= 0.6 is 0 Å². The van der Waals surface area contributed by atoms with E-state index in [1.165, 1.54) is 0 Å². The molecule has 1 fully saturated rings. The Morgan fingerprint density at radius 2 is 2.43 bits per heavy atom. The van der Waals surface area contributed by atoms with Crippen LogP contribution in [0.3, 0.4) is 0 Å². The van der Waals surface area contributed by atoms with Gasteiger partial charge in [0.05, 0.1) is 11.8 Å². The van der Waals surface area contributed by atoms with Crippen molar-refractivity contribution in [1.82, 2.24) is 15.5 Å². The largest absolute Gasteiger partial charge is 0.381 e. The van der Waals surface area contributed by atoms with E-state index in [1.807, 2.05) is 12.1 Å². The number of aromatic nitrogens is 2. The van der Waals surface area contributed by atoms with Crippen molar-refractivity contribution < 1.29 is 4.74 Å². The van der Waals surface area contributed by atoms with Gasteiger partial charge in [0.1, 0.15) is 0 Å². The Bertz CT molecular complexity index is 272. The van der Waals surface area contributed by atoms with E-state index in [0.29, 0.717) is 12.1 Å². The van der Waals surface area contributed by atoms with Gasteiger partial charge in [0, 0.05) is 25.9 Å². The third kappa shape index (κ3) is 2.27. The molecule has 0 radical (unpaired) electrons. The van der Waals surface area contributed by atoms with Crippen LogP contribution in [-0.2, 0) is 11.3 Å². The van der Waals surface area contributed by atoms with Crippen LogP contribution in [0.15, 0.2) is 18.3 Å². The molecule has 4 heteroatoms. The molecule has 1 aliphatic carbocycles. The van der Waals surface area contributed by atoms with E-state index >= 15 is 0 Å². The van der Waals surface area contributed by atoms with Crippen molar-refractivity contribution in [2.45, 2.75) is 31.5 Å². The summed E-state index contributed by atoms with van der Waals surface area (Å²) >= 11 is 0. The minimum atomic E-state index is 0.453. The van der Waals surface area contributed by atoms with Gasteiger partial charge in [-0.05, 0) is 25.0 Å². The molecule has 0 aliphatic heterocycles. The van der Waals surface area contributed by atoms with Crippen LogP contribution in [0.5, 0.6) is 0 Å². The minimum absolute atomic E-state index is 0.453. The van der Waals surface area contributed by atoms with Crippen molar-refractivity contribution in [2.75, 3.05) is 7.11 Å². The average molecular weight is 193 g/mol. The van der Waals surface area contributed by atoms with Gasteiger partial charge in [0.25, 0.3) is 0 Å². The number of methoxy groups -OCH3 is 1. The number of hydrogen-bond acceptors (Lipinski definition) is 4. The summed E-state index contributed by atoms with van der Waals surface area (Å²) in [6.07, 6.45) is 4.36. The van der Waals surface area contributed by atoms with Crippen LogP contribution < -0.4 is 5.32 Å². The average Bonchev–Trinajstić information content (AvgIpc) is 2.17. The highest BCUT2D eigenvalue weighted by molar-refractivity contribution is 4.99. The van der Waals surface area contributed by atoms with Crippen LogP contribution in [0.25, 0.3) is 0 Å². The van der Waals surface area contributed by atoms with E-state index in [-0.39, 0.29) is 0 Å². The Morgan fingerprint density at radius 3 is 3.07 bits per heavy atom. The second kappa shape index (κ2) is 4.48. The summed E-state index contributed by atoms with van der Waals surface area (Å²) < 4.78 is 5.20. The fourth-order valence-electron chi connectivity index (χ4n) is 1.60. The van der Waals surface area contributed by atoms with Crippen molar-refractivity contribution in [2.24, 2.45) is 0 Å². The highest BCUT2D eigenvalue weighted by atomic mass is 16.5. The zero-order valence-corrected chi connectivity index (χ0v) is 8.31. The fraction of sp³-hybridized carbons (Fsp3) is 0.600. The molecule has 0 unspecified atom stereocenters. The predicted molar refractivity (Wildman–Crippen MR) is 52.7 cm³/mol. The second-order valence-electron chi connectivity index (χ2n) is 3.62. The van der Waals surface area contributed by atoms with Crippen molar-refractivity contribution in [3.05, 3.63) is 24.0 Å². The van der Waals surface area contributed by atoms with Gasteiger partial charge in [-0.2, -0.15) is 10.2 Å². The molecule has 1 aromatic rings. The molecule has 1 heterocycles. The first kappa shape index (κ1) is 9.55. The second-order valence-corrected chi connectivity index (χ2v) is 3.62. The van der Waals surface area contributed by atoms with Crippen molar-refractivity contribution in [3.63, 3.8) is 0 Å². The van der Waals surface area contributed by atoms with Gasteiger partial charge in [-0.25, -0.2) is 0 Å². The summed E-state index contributed by atoms with van der Waals surface area (Å²) in [5, 5.41) is 11.2. The van der Waals surface area contributed by atoms with Gasteiger partial charge in [0.2, 0.25) is 0 Å². The normalized spacial score (nSPS) is 25.8. The van der Waals surface area contributed by atoms with E-state index in [9.17, 15) is 0 Å². The number of nitrogens with zero attached hydrogens (tertiary/aromatic N) is 2. The summed E-state index contributed by atoms with van der Waals surface area (Å²) in [5.41, 5.74) is 0.994. The lowest BCUT2D eigenvalue weighted by Gasteiger charge is -2.34. The predicted octanol–water partition coefficient (Wildman–Crippen LogP) is 0.744. The molecule has 0 spiro atoms. The SMILES string of the molecule is COC1CC(NCc2cccnn2)C1. The quantitative estimate of drug-likeness (QED) is 0.766. The van der Waals surface area contributed by atoms with E-state index < -0.39 is 0 Å². The van der Waals surface area contributed by atoms with E-state index in [0.717, 1.165) is 25.1 Å². The maximum atomic E-state index is 5.20. The lowest BCUT2D eigenvalue weighted by Crippen LogP contribution is -2.44. The Kier molecular flexibility index (Phi) is 3.06. The van der Waals surface area contributed by atoms with Gasteiger partial charge in [0.15, 0.2) is 0 Å². The molecule has 0 bridgehead atoms. The van der Waals surface area contributed by atoms with Crippen LogP contribution in [0.4, 0.5) is 0 Å². The van der Waals surface area contributed by atoms with Crippen LogP contribution in [0, 0.1) is 0 Å². The number of rotatable bonds is 4. The van der Waals surface area contributed by atoms with E-state index in [4.69, 9.17) is 4.74 Å². The lowest BCUT2D eigenvalue weighted by molar-refractivity contribution is 0.0169. The zero-order chi connectivity index (χ0) is 9.80. The minimum Gasteiger partial charge on any atom is -0.381 e. The monoisotopic (exact) mass is 193 g/mol. The standard InChI is InChI=1S/C10H15N3O/c1-14-10-5-9(6-10)11-7-8-3-2-4-12-13-8/h2-4,9-11H,5-7H2,1H3. The van der Waals surface area contributed by atoms with Gasteiger partial charge in [-0.3, -0.25) is 0 Å². The first-order valence-corrected chi connectivity index (χ1v) is 4.91. The fourth-order valence-corrected chi connectivity index (χ4v) is 1.60. The van der Waals surface area contributed by atoms with Crippen LogP contribution in [0.2, 0.25) is 0 Å². The van der Waals surface area contributed by atoms with Crippen molar-refractivity contribution in [1.29, 1.82) is 0 Å². The third-order valence-corrected chi connectivity index (χ3v) is 2.63. The molecule has 1 aliphatic rings. The molecule has 0 aromatic carbocycles. The molecule has 1 N–H and O–H groups in total. The van der Waals surface area contributed by atoms with Gasteiger partial charge >= 0.3 is 0 Å². The van der Waals surface area contributed by atoms with Crippen LogP contribution in [-0.4, -0.2) is 29.5 Å². The van der Waals surface area contributed by atoms with E-state index in [1.54, 1.807) is 13.3 Å². The highest BCUT2D eigenvalue weighted by Gasteiger charge is 2.28. The van der Waals surface area contributed by atoms with Crippen molar-refractivity contribution in [3.8, 4) is 0 Å². The Balaban J connectivity index is 1.69. The van der Waals surface area contributed by atoms with Gasteiger partial charge in [-0.15, -0.1) is 0 Å². The summed E-state index contributed by atoms with van der Waals surface area (Å²) in [6.45, 7) is 0.801. The Morgan fingerprint density at radius 1 is 1.57 bits per heavy atom. The molecule has 4 nitrogen and oxygen atoms in total. The first-order valence-electron chi connectivity index (χ1n) is 4.91. The molecule has 1 aromatic heterocycles. The van der Waals surface area contributed by atoms with Crippen molar-refractivity contribution >= 4 is 0 Å². The van der Waals surface area contributed by atoms with E-state index in [2.05, 4.69) is 15.5 Å². The maximum absolute atomic E-state index is 5.20. The molecule has 2 rings (SSSR count). The van der Waals surface area contributed by atoms with Gasteiger partial charge in [-0.1, -0.05) is 0 Å². The molecule has 1 saturated carbocycles. The molecular formula is C10H15N3O. The molecule has 76 valence electrons. The molecular weight excluding hydrogens is 178 g/mol. The number of nitrogens with one attached hydrogen (secondary N) is 1.